The van der Waals surface area contributed by atoms with Crippen molar-refractivity contribution >= 4 is 16.9 Å². The summed E-state index contributed by atoms with van der Waals surface area (Å²) >= 11 is 0. The van der Waals surface area contributed by atoms with E-state index in [1.807, 2.05) is 12.1 Å². The number of hydrogen-bond acceptors (Lipinski definition) is 4. The maximum absolute atomic E-state index is 13.0. The second-order valence-corrected chi connectivity index (χ2v) is 7.94. The molecule has 1 aliphatic carbocycles. The number of carbonyl (C=O) groups is 1. The van der Waals surface area contributed by atoms with Crippen molar-refractivity contribution in [2.75, 3.05) is 6.61 Å². The third kappa shape index (κ3) is 3.08. The molecule has 4 rings (SSSR count). The largest absolute Gasteiger partial charge is 0.396 e. The lowest BCUT2D eigenvalue weighted by molar-refractivity contribution is -0.130. The van der Waals surface area contributed by atoms with E-state index in [1.54, 1.807) is 16.2 Å². The number of rotatable bonds is 3. The number of benzene rings is 1. The van der Waals surface area contributed by atoms with E-state index in [1.165, 1.54) is 0 Å². The van der Waals surface area contributed by atoms with Gasteiger partial charge in [-0.3, -0.25) is 13.9 Å². The van der Waals surface area contributed by atoms with Gasteiger partial charge < -0.3 is 15.5 Å². The number of aliphatic hydroxyl groups excluding tert-OH is 2. The van der Waals surface area contributed by atoms with Crippen molar-refractivity contribution in [2.45, 2.75) is 56.7 Å². The highest BCUT2D eigenvalue weighted by atomic mass is 16.3. The summed E-state index contributed by atoms with van der Waals surface area (Å²) in [6.07, 6.45) is 4.03. The number of nitrogens with zero attached hydrogens (tertiary/aromatic N) is 2. The van der Waals surface area contributed by atoms with E-state index in [0.29, 0.717) is 24.7 Å². The van der Waals surface area contributed by atoms with Gasteiger partial charge in [0.05, 0.1) is 11.0 Å². The second kappa shape index (κ2) is 7.13. The highest BCUT2D eigenvalue weighted by Crippen LogP contribution is 2.38. The van der Waals surface area contributed by atoms with E-state index in [2.05, 4.69) is 11.4 Å². The zero-order valence-corrected chi connectivity index (χ0v) is 15.6. The van der Waals surface area contributed by atoms with E-state index in [0.717, 1.165) is 42.3 Å². The van der Waals surface area contributed by atoms with Gasteiger partial charge in [-0.25, -0.2) is 4.79 Å². The lowest BCUT2D eigenvalue weighted by atomic mass is 9.78. The summed E-state index contributed by atoms with van der Waals surface area (Å²) in [7, 11) is 1.76. The lowest BCUT2D eigenvalue weighted by Gasteiger charge is -2.28. The standard InChI is InChI=1S/C20H27N3O4/c1-22-18-14(13-7-5-12(11-24)6-8-13)3-2-4-15(18)23(20(22)27)16-9-10-17(25)21-19(16)26/h2-4,12-13,16-17,24-25H,5-11H2,1H3,(H,21,26). The highest BCUT2D eigenvalue weighted by Gasteiger charge is 2.32. The predicted molar refractivity (Wildman–Crippen MR) is 101 cm³/mol. The second-order valence-electron chi connectivity index (χ2n) is 7.94. The Morgan fingerprint density at radius 3 is 2.52 bits per heavy atom. The van der Waals surface area contributed by atoms with E-state index >= 15 is 0 Å². The zero-order chi connectivity index (χ0) is 19.1. The van der Waals surface area contributed by atoms with Gasteiger partial charge in [0.1, 0.15) is 12.3 Å². The fraction of sp³-hybridized carbons (Fsp3) is 0.600. The third-order valence-corrected chi connectivity index (χ3v) is 6.32. The summed E-state index contributed by atoms with van der Waals surface area (Å²) in [5.41, 5.74) is 2.63. The Morgan fingerprint density at radius 2 is 1.85 bits per heavy atom. The molecule has 2 fully saturated rings. The number of para-hydroxylation sites is 1. The maximum Gasteiger partial charge on any atom is 0.329 e. The van der Waals surface area contributed by atoms with Crippen LogP contribution in [0.25, 0.3) is 11.0 Å². The van der Waals surface area contributed by atoms with Crippen molar-refractivity contribution in [1.82, 2.24) is 14.5 Å². The van der Waals surface area contributed by atoms with Crippen molar-refractivity contribution in [1.29, 1.82) is 0 Å². The van der Waals surface area contributed by atoms with Crippen LogP contribution >= 0.6 is 0 Å². The first-order valence-corrected chi connectivity index (χ1v) is 9.80. The molecule has 27 heavy (non-hydrogen) atoms. The Hall–Kier alpha value is -2.12. The number of carbonyl (C=O) groups excluding carboxylic acids is 1. The number of fused-ring (bicyclic) bond motifs is 1. The monoisotopic (exact) mass is 373 g/mol. The van der Waals surface area contributed by atoms with Gasteiger partial charge in [0, 0.05) is 13.7 Å². The molecule has 2 aliphatic rings. The summed E-state index contributed by atoms with van der Waals surface area (Å²) in [6, 6.07) is 5.35. The number of imidazole rings is 1. The van der Waals surface area contributed by atoms with Crippen molar-refractivity contribution in [2.24, 2.45) is 13.0 Å². The molecule has 0 spiro atoms. The minimum absolute atomic E-state index is 0.196. The first kappa shape index (κ1) is 18.3. The van der Waals surface area contributed by atoms with Crippen molar-refractivity contribution < 1.29 is 15.0 Å². The van der Waals surface area contributed by atoms with Gasteiger partial charge in [-0.1, -0.05) is 12.1 Å². The molecule has 3 N–H and O–H groups in total. The van der Waals surface area contributed by atoms with Gasteiger partial charge in [-0.15, -0.1) is 0 Å². The first-order valence-electron chi connectivity index (χ1n) is 9.80. The molecule has 2 heterocycles. The molecule has 0 bridgehead atoms. The van der Waals surface area contributed by atoms with Gasteiger partial charge in [0.2, 0.25) is 5.91 Å². The fourth-order valence-corrected chi connectivity index (χ4v) is 4.78. The minimum atomic E-state index is -0.836. The molecular weight excluding hydrogens is 346 g/mol. The van der Waals surface area contributed by atoms with Crippen molar-refractivity contribution in [3.8, 4) is 0 Å². The quantitative estimate of drug-likeness (QED) is 0.757. The lowest BCUT2D eigenvalue weighted by Crippen LogP contribution is -2.46. The maximum atomic E-state index is 13.0. The molecule has 1 aliphatic heterocycles. The van der Waals surface area contributed by atoms with Crippen LogP contribution in [0.5, 0.6) is 0 Å². The molecule has 1 amide bonds. The fourth-order valence-electron chi connectivity index (χ4n) is 4.78. The van der Waals surface area contributed by atoms with Crippen LogP contribution in [-0.4, -0.2) is 38.1 Å². The van der Waals surface area contributed by atoms with Crippen molar-refractivity contribution in [3.63, 3.8) is 0 Å². The average Bonchev–Trinajstić information content (AvgIpc) is 2.93. The molecule has 1 aromatic carbocycles. The average molecular weight is 373 g/mol. The van der Waals surface area contributed by atoms with Crippen LogP contribution in [-0.2, 0) is 11.8 Å². The molecule has 2 unspecified atom stereocenters. The van der Waals surface area contributed by atoms with Crippen LogP contribution in [0.4, 0.5) is 0 Å². The van der Waals surface area contributed by atoms with E-state index in [-0.39, 0.29) is 18.2 Å². The van der Waals surface area contributed by atoms with Crippen LogP contribution in [0.1, 0.15) is 56.0 Å². The Bertz CT molecular complexity index is 908. The Kier molecular flexibility index (Phi) is 4.82. The number of hydrogen-bond donors (Lipinski definition) is 3. The molecular formula is C20H27N3O4. The Morgan fingerprint density at radius 1 is 1.11 bits per heavy atom. The van der Waals surface area contributed by atoms with Gasteiger partial charge in [-0.05, 0) is 62.0 Å². The van der Waals surface area contributed by atoms with E-state index in [9.17, 15) is 19.8 Å². The molecule has 7 heteroatoms. The number of aromatic nitrogens is 2. The van der Waals surface area contributed by atoms with Crippen LogP contribution in [0.2, 0.25) is 0 Å². The van der Waals surface area contributed by atoms with Crippen molar-refractivity contribution in [3.05, 3.63) is 34.2 Å². The minimum Gasteiger partial charge on any atom is -0.396 e. The summed E-state index contributed by atoms with van der Waals surface area (Å²) in [5.74, 6) is 0.434. The van der Waals surface area contributed by atoms with Crippen LogP contribution < -0.4 is 11.0 Å². The Labute approximate surface area is 157 Å². The van der Waals surface area contributed by atoms with Crippen LogP contribution in [0.15, 0.2) is 23.0 Å². The summed E-state index contributed by atoms with van der Waals surface area (Å²) in [5, 5.41) is 21.6. The topological polar surface area (TPSA) is 96.5 Å². The smallest absolute Gasteiger partial charge is 0.329 e. The van der Waals surface area contributed by atoms with E-state index in [4.69, 9.17) is 0 Å². The van der Waals surface area contributed by atoms with Gasteiger partial charge in [0.25, 0.3) is 0 Å². The third-order valence-electron chi connectivity index (χ3n) is 6.32. The SMILES string of the molecule is Cn1c(=O)n(C2CCC(O)NC2=O)c2cccc(C3CCC(CO)CC3)c21. The summed E-state index contributed by atoms with van der Waals surface area (Å²) in [4.78, 5) is 25.4. The first-order chi connectivity index (χ1) is 13.0. The highest BCUT2D eigenvalue weighted by molar-refractivity contribution is 5.86. The number of amides is 1. The van der Waals surface area contributed by atoms with E-state index < -0.39 is 12.3 Å². The molecule has 2 aromatic rings. The van der Waals surface area contributed by atoms with Gasteiger partial charge >= 0.3 is 5.69 Å². The molecule has 0 radical (unpaired) electrons. The van der Waals surface area contributed by atoms with Gasteiger partial charge in [-0.2, -0.15) is 0 Å². The molecule has 1 saturated heterocycles. The molecule has 1 aromatic heterocycles. The number of aryl methyl sites for hydroxylation is 1. The Balaban J connectivity index is 1.77. The van der Waals surface area contributed by atoms with Gasteiger partial charge in [0.15, 0.2) is 0 Å². The van der Waals surface area contributed by atoms with Crippen LogP contribution in [0, 0.1) is 5.92 Å². The molecule has 146 valence electrons. The normalized spacial score (nSPS) is 29.1. The number of nitrogens with one attached hydrogen (secondary N) is 1. The summed E-state index contributed by atoms with van der Waals surface area (Å²) < 4.78 is 3.24. The summed E-state index contributed by atoms with van der Waals surface area (Å²) in [6.45, 7) is 0.244. The number of piperidine rings is 1. The van der Waals surface area contributed by atoms with Crippen LogP contribution in [0.3, 0.4) is 0 Å². The zero-order valence-electron chi connectivity index (χ0n) is 15.6. The number of aliphatic hydroxyl groups is 2. The molecule has 7 nitrogen and oxygen atoms in total. The molecule has 2 atom stereocenters. The predicted octanol–water partition coefficient (Wildman–Crippen LogP) is 1.38. The molecule has 1 saturated carbocycles.